The van der Waals surface area contributed by atoms with Crippen LogP contribution in [0.2, 0.25) is 0 Å². The molecule has 2 rings (SSSR count). The fourth-order valence-corrected chi connectivity index (χ4v) is 3.47. The van der Waals surface area contributed by atoms with E-state index >= 15 is 0 Å². The Kier molecular flexibility index (Phi) is 4.94. The predicted molar refractivity (Wildman–Crippen MR) is 76.9 cm³/mol. The standard InChI is InChI=1S/C15H20O4S/c1-3-11-5-6-12(20-11)9-15(14(17)19-4-2)10-18-8-7-13(15)16/h5-6H,3-4,7-10H2,1-2H3. The second-order valence-corrected chi connectivity index (χ2v) is 6.18. The van der Waals surface area contributed by atoms with Crippen molar-refractivity contribution in [2.45, 2.75) is 33.1 Å². The number of hydrogen-bond donors (Lipinski definition) is 0. The summed E-state index contributed by atoms with van der Waals surface area (Å²) in [5.74, 6) is -0.509. The Labute approximate surface area is 123 Å². The lowest BCUT2D eigenvalue weighted by molar-refractivity contribution is -0.169. The van der Waals surface area contributed by atoms with Crippen LogP contribution in [0.15, 0.2) is 12.1 Å². The first kappa shape index (κ1) is 15.2. The first-order valence-electron chi connectivity index (χ1n) is 6.98. The van der Waals surface area contributed by atoms with Crippen molar-refractivity contribution >= 4 is 23.1 Å². The van der Waals surface area contributed by atoms with Crippen LogP contribution in [0.1, 0.15) is 30.0 Å². The van der Waals surface area contributed by atoms with Gasteiger partial charge in [-0.05, 0) is 25.5 Å². The zero-order valence-electron chi connectivity index (χ0n) is 11.9. The largest absolute Gasteiger partial charge is 0.465 e. The van der Waals surface area contributed by atoms with Crippen molar-refractivity contribution in [2.24, 2.45) is 5.41 Å². The van der Waals surface area contributed by atoms with Crippen molar-refractivity contribution in [1.29, 1.82) is 0 Å². The molecule has 110 valence electrons. The van der Waals surface area contributed by atoms with Crippen LogP contribution in [0.3, 0.4) is 0 Å². The van der Waals surface area contributed by atoms with E-state index in [0.29, 0.717) is 13.0 Å². The number of aryl methyl sites for hydroxylation is 1. The molecule has 1 aromatic rings. The molecule has 5 heteroatoms. The third-order valence-corrected chi connectivity index (χ3v) is 4.79. The number of esters is 1. The zero-order chi connectivity index (χ0) is 14.6. The number of carbonyl (C=O) groups is 2. The molecule has 2 heterocycles. The van der Waals surface area contributed by atoms with Crippen molar-refractivity contribution < 1.29 is 19.1 Å². The summed E-state index contributed by atoms with van der Waals surface area (Å²) < 4.78 is 10.5. The van der Waals surface area contributed by atoms with Gasteiger partial charge in [0.05, 0.1) is 19.8 Å². The SMILES string of the molecule is CCOC(=O)C1(Cc2ccc(CC)s2)COCCC1=O. The van der Waals surface area contributed by atoms with Crippen molar-refractivity contribution in [3.05, 3.63) is 21.9 Å². The Bertz CT molecular complexity index is 494. The minimum absolute atomic E-state index is 0.0614. The van der Waals surface area contributed by atoms with Gasteiger partial charge in [-0.15, -0.1) is 11.3 Å². The molecule has 20 heavy (non-hydrogen) atoms. The molecule has 0 spiro atoms. The van der Waals surface area contributed by atoms with Gasteiger partial charge in [0.2, 0.25) is 0 Å². The van der Waals surface area contributed by atoms with Crippen molar-refractivity contribution in [2.75, 3.05) is 19.8 Å². The Morgan fingerprint density at radius 1 is 1.40 bits per heavy atom. The topological polar surface area (TPSA) is 52.6 Å². The summed E-state index contributed by atoms with van der Waals surface area (Å²) >= 11 is 1.65. The van der Waals surface area contributed by atoms with Gasteiger partial charge >= 0.3 is 5.97 Å². The minimum atomic E-state index is -1.15. The van der Waals surface area contributed by atoms with Crippen LogP contribution < -0.4 is 0 Å². The zero-order valence-corrected chi connectivity index (χ0v) is 12.8. The van der Waals surface area contributed by atoms with Gasteiger partial charge < -0.3 is 9.47 Å². The van der Waals surface area contributed by atoms with Crippen LogP contribution >= 0.6 is 11.3 Å². The van der Waals surface area contributed by atoms with E-state index in [2.05, 4.69) is 6.92 Å². The highest BCUT2D eigenvalue weighted by Crippen LogP contribution is 2.33. The fourth-order valence-electron chi connectivity index (χ4n) is 2.40. The molecule has 1 unspecified atom stereocenters. The van der Waals surface area contributed by atoms with Gasteiger partial charge in [0.1, 0.15) is 0 Å². The molecule has 1 aliphatic heterocycles. The first-order valence-corrected chi connectivity index (χ1v) is 7.80. The predicted octanol–water partition coefficient (Wildman–Crippen LogP) is 2.39. The van der Waals surface area contributed by atoms with E-state index in [1.807, 2.05) is 12.1 Å². The number of carbonyl (C=O) groups excluding carboxylic acids is 2. The van der Waals surface area contributed by atoms with Gasteiger partial charge in [-0.1, -0.05) is 6.92 Å². The molecule has 1 atom stereocenters. The van der Waals surface area contributed by atoms with Crippen molar-refractivity contribution in [1.82, 2.24) is 0 Å². The Morgan fingerprint density at radius 2 is 2.15 bits per heavy atom. The highest BCUT2D eigenvalue weighted by atomic mass is 32.1. The van der Waals surface area contributed by atoms with Crippen LogP contribution in [0, 0.1) is 5.41 Å². The Balaban J connectivity index is 2.26. The number of thiophene rings is 1. The lowest BCUT2D eigenvalue weighted by Crippen LogP contribution is -2.49. The molecule has 0 radical (unpaired) electrons. The number of rotatable bonds is 5. The van der Waals surface area contributed by atoms with E-state index in [1.54, 1.807) is 18.3 Å². The Hall–Kier alpha value is -1.20. The van der Waals surface area contributed by atoms with Gasteiger partial charge in [0, 0.05) is 22.6 Å². The van der Waals surface area contributed by atoms with E-state index in [4.69, 9.17) is 9.47 Å². The molecule has 0 aromatic carbocycles. The number of ketones is 1. The second kappa shape index (κ2) is 6.50. The average Bonchev–Trinajstić information content (AvgIpc) is 2.89. The van der Waals surface area contributed by atoms with Crippen LogP contribution in [0.5, 0.6) is 0 Å². The summed E-state index contributed by atoms with van der Waals surface area (Å²) in [5.41, 5.74) is -1.15. The van der Waals surface area contributed by atoms with E-state index in [0.717, 1.165) is 11.3 Å². The Morgan fingerprint density at radius 3 is 2.75 bits per heavy atom. The summed E-state index contributed by atoms with van der Waals surface area (Å²) in [7, 11) is 0. The summed E-state index contributed by atoms with van der Waals surface area (Å²) in [6.07, 6.45) is 1.63. The molecule has 0 amide bonds. The second-order valence-electron chi connectivity index (χ2n) is 4.93. The maximum atomic E-state index is 12.3. The third-order valence-electron chi connectivity index (χ3n) is 3.56. The average molecular weight is 296 g/mol. The van der Waals surface area contributed by atoms with E-state index in [-0.39, 0.29) is 25.4 Å². The number of hydrogen-bond acceptors (Lipinski definition) is 5. The maximum Gasteiger partial charge on any atom is 0.322 e. The molecule has 1 fully saturated rings. The van der Waals surface area contributed by atoms with Crippen molar-refractivity contribution in [3.8, 4) is 0 Å². The molecular weight excluding hydrogens is 276 g/mol. The van der Waals surface area contributed by atoms with Gasteiger partial charge in [-0.3, -0.25) is 9.59 Å². The first-order chi connectivity index (χ1) is 9.62. The quantitative estimate of drug-likeness (QED) is 0.618. The fraction of sp³-hybridized carbons (Fsp3) is 0.600. The molecule has 0 N–H and O–H groups in total. The molecule has 0 bridgehead atoms. The molecule has 4 nitrogen and oxygen atoms in total. The normalized spacial score (nSPS) is 22.8. The van der Waals surface area contributed by atoms with E-state index in [1.165, 1.54) is 4.88 Å². The molecule has 1 aliphatic rings. The molecule has 0 aliphatic carbocycles. The highest BCUT2D eigenvalue weighted by Gasteiger charge is 2.49. The number of ether oxygens (including phenoxy) is 2. The van der Waals surface area contributed by atoms with Crippen LogP contribution in [-0.2, 0) is 31.9 Å². The van der Waals surface area contributed by atoms with Crippen molar-refractivity contribution in [3.63, 3.8) is 0 Å². The molecule has 1 saturated heterocycles. The third kappa shape index (κ3) is 2.94. The van der Waals surface area contributed by atoms with Gasteiger partial charge in [-0.2, -0.15) is 0 Å². The molecule has 1 aromatic heterocycles. The van der Waals surface area contributed by atoms with E-state index in [9.17, 15) is 9.59 Å². The summed E-state index contributed by atoms with van der Waals surface area (Å²) in [5, 5.41) is 0. The molecular formula is C15H20O4S. The van der Waals surface area contributed by atoms with Gasteiger partial charge in [0.25, 0.3) is 0 Å². The van der Waals surface area contributed by atoms with Gasteiger partial charge in [-0.25, -0.2) is 0 Å². The summed E-state index contributed by atoms with van der Waals surface area (Å²) in [6, 6.07) is 4.04. The van der Waals surface area contributed by atoms with Crippen LogP contribution in [-0.4, -0.2) is 31.6 Å². The van der Waals surface area contributed by atoms with Crippen LogP contribution in [0.4, 0.5) is 0 Å². The summed E-state index contributed by atoms with van der Waals surface area (Å²) in [4.78, 5) is 26.9. The maximum absolute atomic E-state index is 12.3. The highest BCUT2D eigenvalue weighted by molar-refractivity contribution is 7.12. The number of Topliss-reactive ketones (excluding diaryl/α,β-unsaturated/α-hetero) is 1. The lowest BCUT2D eigenvalue weighted by atomic mass is 9.78. The molecule has 0 saturated carbocycles. The summed E-state index contributed by atoms with van der Waals surface area (Å²) in [6.45, 7) is 4.64. The minimum Gasteiger partial charge on any atom is -0.465 e. The van der Waals surface area contributed by atoms with Crippen LogP contribution in [0.25, 0.3) is 0 Å². The monoisotopic (exact) mass is 296 g/mol. The van der Waals surface area contributed by atoms with E-state index < -0.39 is 11.4 Å². The van der Waals surface area contributed by atoms with Gasteiger partial charge in [0.15, 0.2) is 11.2 Å². The smallest absolute Gasteiger partial charge is 0.322 e. The lowest BCUT2D eigenvalue weighted by Gasteiger charge is -2.32.